The molecule has 1 aliphatic rings. The van der Waals surface area contributed by atoms with Gasteiger partial charge in [-0.2, -0.15) is 0 Å². The number of aliphatic hydroxyl groups excluding tert-OH is 1. The van der Waals surface area contributed by atoms with Crippen molar-refractivity contribution in [2.45, 2.75) is 25.8 Å². The summed E-state index contributed by atoms with van der Waals surface area (Å²) in [5, 5.41) is 11.6. The average molecular weight is 243 g/mol. The molecule has 2 rings (SSSR count). The van der Waals surface area contributed by atoms with Crippen molar-refractivity contribution < 1.29 is 9.90 Å². The van der Waals surface area contributed by atoms with E-state index in [0.29, 0.717) is 11.5 Å². The molecule has 0 spiro atoms. The van der Waals surface area contributed by atoms with E-state index in [1.54, 1.807) is 24.3 Å². The standard InChI is InChI=1S/C15H17NO2/c1-11(13-8-9-13)16-15(18)14-6-4-12(5-7-14)3-2-10-17/h4-7,11,13,17H,8-10H2,1H3,(H,16,18). The van der Waals surface area contributed by atoms with E-state index in [1.807, 2.05) is 0 Å². The monoisotopic (exact) mass is 243 g/mol. The van der Waals surface area contributed by atoms with Crippen LogP contribution in [0, 0.1) is 17.8 Å². The summed E-state index contributed by atoms with van der Waals surface area (Å²) in [6.07, 6.45) is 2.44. The molecule has 1 aliphatic carbocycles. The van der Waals surface area contributed by atoms with Crippen molar-refractivity contribution in [3.05, 3.63) is 35.4 Å². The molecule has 0 saturated heterocycles. The van der Waals surface area contributed by atoms with Crippen LogP contribution < -0.4 is 5.32 Å². The van der Waals surface area contributed by atoms with Crippen molar-refractivity contribution in [2.75, 3.05) is 6.61 Å². The lowest BCUT2D eigenvalue weighted by molar-refractivity contribution is 0.0936. The van der Waals surface area contributed by atoms with Gasteiger partial charge in [-0.1, -0.05) is 11.8 Å². The average Bonchev–Trinajstić information content (AvgIpc) is 3.21. The first-order valence-electron chi connectivity index (χ1n) is 6.21. The Balaban J connectivity index is 1.97. The smallest absolute Gasteiger partial charge is 0.251 e. The molecule has 1 amide bonds. The molecule has 0 heterocycles. The second-order valence-corrected chi connectivity index (χ2v) is 4.64. The SMILES string of the molecule is CC(NC(=O)c1ccc(C#CCO)cc1)C1CC1. The van der Waals surface area contributed by atoms with E-state index >= 15 is 0 Å². The van der Waals surface area contributed by atoms with Crippen LogP contribution in [0.25, 0.3) is 0 Å². The number of nitrogens with one attached hydrogen (secondary N) is 1. The quantitative estimate of drug-likeness (QED) is 0.791. The molecule has 0 radical (unpaired) electrons. The summed E-state index contributed by atoms with van der Waals surface area (Å²) in [7, 11) is 0. The number of benzene rings is 1. The minimum atomic E-state index is -0.152. The number of hydrogen-bond donors (Lipinski definition) is 2. The van der Waals surface area contributed by atoms with Crippen molar-refractivity contribution in [1.29, 1.82) is 0 Å². The Hall–Kier alpha value is -1.79. The Kier molecular flexibility index (Phi) is 4.01. The zero-order chi connectivity index (χ0) is 13.0. The third-order valence-electron chi connectivity index (χ3n) is 3.15. The summed E-state index contributed by atoms with van der Waals surface area (Å²) < 4.78 is 0. The van der Waals surface area contributed by atoms with Gasteiger partial charge < -0.3 is 10.4 Å². The molecular formula is C15H17NO2. The second kappa shape index (κ2) is 5.70. The van der Waals surface area contributed by atoms with Crippen molar-refractivity contribution in [3.63, 3.8) is 0 Å². The maximum absolute atomic E-state index is 11.9. The molecule has 1 unspecified atom stereocenters. The molecular weight excluding hydrogens is 226 g/mol. The van der Waals surface area contributed by atoms with Crippen LogP contribution in [0.2, 0.25) is 0 Å². The van der Waals surface area contributed by atoms with Crippen LogP contribution in [0.5, 0.6) is 0 Å². The van der Waals surface area contributed by atoms with Crippen LogP contribution in [-0.2, 0) is 0 Å². The van der Waals surface area contributed by atoms with Crippen LogP contribution in [0.4, 0.5) is 0 Å². The van der Waals surface area contributed by atoms with E-state index in [2.05, 4.69) is 24.1 Å². The third-order valence-corrected chi connectivity index (χ3v) is 3.15. The lowest BCUT2D eigenvalue weighted by Crippen LogP contribution is -2.33. The fourth-order valence-electron chi connectivity index (χ4n) is 1.85. The third kappa shape index (κ3) is 3.35. The molecule has 1 aromatic rings. The normalized spacial score (nSPS) is 15.4. The molecule has 1 atom stereocenters. The van der Waals surface area contributed by atoms with Gasteiger partial charge >= 0.3 is 0 Å². The van der Waals surface area contributed by atoms with E-state index in [0.717, 1.165) is 5.56 Å². The Morgan fingerprint density at radius 3 is 2.67 bits per heavy atom. The molecule has 3 nitrogen and oxygen atoms in total. The summed E-state index contributed by atoms with van der Waals surface area (Å²) in [4.78, 5) is 11.9. The highest BCUT2D eigenvalue weighted by molar-refractivity contribution is 5.94. The highest BCUT2D eigenvalue weighted by Crippen LogP contribution is 2.32. The van der Waals surface area contributed by atoms with Gasteiger partial charge in [-0.15, -0.1) is 0 Å². The van der Waals surface area contributed by atoms with E-state index in [9.17, 15) is 4.79 Å². The molecule has 94 valence electrons. The number of hydrogen-bond acceptors (Lipinski definition) is 2. The van der Waals surface area contributed by atoms with Crippen LogP contribution in [0.3, 0.4) is 0 Å². The molecule has 0 bridgehead atoms. The van der Waals surface area contributed by atoms with Crippen LogP contribution in [0.15, 0.2) is 24.3 Å². The maximum Gasteiger partial charge on any atom is 0.251 e. The Morgan fingerprint density at radius 2 is 2.11 bits per heavy atom. The van der Waals surface area contributed by atoms with Crippen molar-refractivity contribution in [1.82, 2.24) is 5.32 Å². The number of carbonyl (C=O) groups excluding carboxylic acids is 1. The molecule has 0 aliphatic heterocycles. The fraction of sp³-hybridized carbons (Fsp3) is 0.400. The van der Waals surface area contributed by atoms with Gasteiger partial charge in [-0.05, 0) is 49.9 Å². The molecule has 1 fully saturated rings. The Labute approximate surface area is 107 Å². The number of carbonyl (C=O) groups is 1. The predicted molar refractivity (Wildman–Crippen MR) is 70.1 cm³/mol. The zero-order valence-electron chi connectivity index (χ0n) is 10.4. The highest BCUT2D eigenvalue weighted by atomic mass is 16.2. The second-order valence-electron chi connectivity index (χ2n) is 4.64. The van der Waals surface area contributed by atoms with E-state index in [1.165, 1.54) is 12.8 Å². The summed E-state index contributed by atoms with van der Waals surface area (Å²) in [5.41, 5.74) is 1.45. The largest absolute Gasteiger partial charge is 0.384 e. The molecule has 1 saturated carbocycles. The van der Waals surface area contributed by atoms with Gasteiger partial charge in [0, 0.05) is 17.2 Å². The number of rotatable bonds is 3. The van der Waals surface area contributed by atoms with Crippen molar-refractivity contribution in [3.8, 4) is 11.8 Å². The zero-order valence-corrected chi connectivity index (χ0v) is 10.4. The first-order chi connectivity index (χ1) is 8.70. The first kappa shape index (κ1) is 12.7. The Morgan fingerprint density at radius 1 is 1.44 bits per heavy atom. The van der Waals surface area contributed by atoms with Crippen LogP contribution in [0.1, 0.15) is 35.7 Å². The van der Waals surface area contributed by atoms with Gasteiger partial charge in [-0.3, -0.25) is 4.79 Å². The van der Waals surface area contributed by atoms with Gasteiger partial charge in [0.25, 0.3) is 5.91 Å². The highest BCUT2D eigenvalue weighted by Gasteiger charge is 2.28. The van der Waals surface area contributed by atoms with Gasteiger partial charge in [0.15, 0.2) is 0 Å². The fourth-order valence-corrected chi connectivity index (χ4v) is 1.85. The lowest BCUT2D eigenvalue weighted by Gasteiger charge is -2.12. The molecule has 1 aromatic carbocycles. The van der Waals surface area contributed by atoms with Gasteiger partial charge in [-0.25, -0.2) is 0 Å². The molecule has 18 heavy (non-hydrogen) atoms. The van der Waals surface area contributed by atoms with Crippen LogP contribution in [-0.4, -0.2) is 23.7 Å². The minimum Gasteiger partial charge on any atom is -0.384 e. The molecule has 0 aromatic heterocycles. The summed E-state index contributed by atoms with van der Waals surface area (Å²) in [5.74, 6) is 6.00. The maximum atomic E-state index is 11.9. The summed E-state index contributed by atoms with van der Waals surface area (Å²) >= 11 is 0. The van der Waals surface area contributed by atoms with Gasteiger partial charge in [0.2, 0.25) is 0 Å². The first-order valence-corrected chi connectivity index (χ1v) is 6.21. The van der Waals surface area contributed by atoms with Crippen molar-refractivity contribution >= 4 is 5.91 Å². The van der Waals surface area contributed by atoms with Gasteiger partial charge in [0.05, 0.1) is 0 Å². The minimum absolute atomic E-state index is 0.0314. The lowest BCUT2D eigenvalue weighted by atomic mass is 10.1. The topological polar surface area (TPSA) is 49.3 Å². The number of aliphatic hydroxyl groups is 1. The van der Waals surface area contributed by atoms with Gasteiger partial charge in [0.1, 0.15) is 6.61 Å². The summed E-state index contributed by atoms with van der Waals surface area (Å²) in [6.45, 7) is 1.90. The van der Waals surface area contributed by atoms with Crippen molar-refractivity contribution in [2.24, 2.45) is 5.92 Å². The van der Waals surface area contributed by atoms with E-state index < -0.39 is 0 Å². The van der Waals surface area contributed by atoms with Crippen LogP contribution >= 0.6 is 0 Å². The molecule has 3 heteroatoms. The predicted octanol–water partition coefficient (Wildman–Crippen LogP) is 1.56. The van der Waals surface area contributed by atoms with E-state index in [-0.39, 0.29) is 18.6 Å². The summed E-state index contributed by atoms with van der Waals surface area (Å²) in [6, 6.07) is 7.36. The Bertz CT molecular complexity index is 477. The molecule has 2 N–H and O–H groups in total. The number of amides is 1. The van der Waals surface area contributed by atoms with E-state index in [4.69, 9.17) is 5.11 Å².